The highest BCUT2D eigenvalue weighted by molar-refractivity contribution is 5.95. The highest BCUT2D eigenvalue weighted by Crippen LogP contribution is 2.09. The molecule has 4 N–H and O–H groups in total. The van der Waals surface area contributed by atoms with Crippen molar-refractivity contribution in [1.82, 2.24) is 10.3 Å². The molecule has 18 heavy (non-hydrogen) atoms. The van der Waals surface area contributed by atoms with Gasteiger partial charge in [0, 0.05) is 18.3 Å². The second-order valence-electron chi connectivity index (χ2n) is 3.56. The lowest BCUT2D eigenvalue weighted by Crippen LogP contribution is -2.29. The summed E-state index contributed by atoms with van der Waals surface area (Å²) in [6, 6.07) is 3.31. The summed E-state index contributed by atoms with van der Waals surface area (Å²) >= 11 is 0. The Bertz CT molecular complexity index is 448. The third kappa shape index (κ3) is 4.28. The van der Waals surface area contributed by atoms with Gasteiger partial charge in [-0.2, -0.15) is 0 Å². The van der Waals surface area contributed by atoms with Crippen molar-refractivity contribution >= 4 is 17.8 Å². The van der Waals surface area contributed by atoms with Crippen LogP contribution in [0.25, 0.3) is 0 Å². The SMILES string of the molecule is CNc1cc(C(=O)NCCOC(N)=O)cc(C)n1. The first-order valence-electron chi connectivity index (χ1n) is 5.40. The Kier molecular flexibility index (Phi) is 4.91. The number of aryl methyl sites for hydroxylation is 1. The second-order valence-corrected chi connectivity index (χ2v) is 3.56. The second kappa shape index (κ2) is 6.43. The van der Waals surface area contributed by atoms with Crippen LogP contribution in [0, 0.1) is 6.92 Å². The van der Waals surface area contributed by atoms with Gasteiger partial charge in [-0.05, 0) is 19.1 Å². The van der Waals surface area contributed by atoms with Crippen molar-refractivity contribution in [2.45, 2.75) is 6.92 Å². The molecule has 0 aliphatic heterocycles. The molecule has 1 aromatic heterocycles. The zero-order valence-electron chi connectivity index (χ0n) is 10.3. The van der Waals surface area contributed by atoms with E-state index in [9.17, 15) is 9.59 Å². The highest BCUT2D eigenvalue weighted by Gasteiger charge is 2.07. The fourth-order valence-electron chi connectivity index (χ4n) is 1.35. The Morgan fingerprint density at radius 3 is 2.78 bits per heavy atom. The number of aromatic nitrogens is 1. The van der Waals surface area contributed by atoms with Crippen LogP contribution >= 0.6 is 0 Å². The van der Waals surface area contributed by atoms with Gasteiger partial charge >= 0.3 is 6.09 Å². The summed E-state index contributed by atoms with van der Waals surface area (Å²) in [5.74, 6) is 0.360. The zero-order valence-corrected chi connectivity index (χ0v) is 10.3. The Balaban J connectivity index is 2.55. The predicted octanol–water partition coefficient (Wildman–Crippen LogP) is 0.257. The fraction of sp³-hybridized carbons (Fsp3) is 0.364. The lowest BCUT2D eigenvalue weighted by Gasteiger charge is -2.07. The molecule has 0 saturated carbocycles. The third-order valence-corrected chi connectivity index (χ3v) is 2.10. The van der Waals surface area contributed by atoms with Gasteiger partial charge in [0.1, 0.15) is 12.4 Å². The number of hydrogen-bond acceptors (Lipinski definition) is 5. The predicted molar refractivity (Wildman–Crippen MR) is 66.4 cm³/mol. The van der Waals surface area contributed by atoms with Crippen LogP contribution in [0.5, 0.6) is 0 Å². The minimum absolute atomic E-state index is 0.0457. The molecular weight excluding hydrogens is 236 g/mol. The molecule has 0 unspecified atom stereocenters. The van der Waals surface area contributed by atoms with Gasteiger partial charge in [-0.1, -0.05) is 0 Å². The molecule has 0 fully saturated rings. The fourth-order valence-corrected chi connectivity index (χ4v) is 1.35. The molecule has 2 amide bonds. The van der Waals surface area contributed by atoms with E-state index in [1.165, 1.54) is 0 Å². The van der Waals surface area contributed by atoms with Gasteiger partial charge in [-0.3, -0.25) is 4.79 Å². The first kappa shape index (κ1) is 13.8. The van der Waals surface area contributed by atoms with E-state index in [0.29, 0.717) is 11.4 Å². The van der Waals surface area contributed by atoms with Crippen LogP contribution in [0.4, 0.5) is 10.6 Å². The lowest BCUT2D eigenvalue weighted by molar-refractivity contribution is 0.0936. The first-order chi connectivity index (χ1) is 8.52. The standard InChI is InChI=1S/C11H16N4O3/c1-7-5-8(6-9(13-2)15-7)10(16)14-3-4-18-11(12)17/h5-6H,3-4H2,1-2H3,(H2,12,17)(H,13,15)(H,14,16). The summed E-state index contributed by atoms with van der Waals surface area (Å²) in [5, 5.41) is 5.47. The molecule has 7 heteroatoms. The van der Waals surface area contributed by atoms with Crippen molar-refractivity contribution in [3.05, 3.63) is 23.4 Å². The zero-order chi connectivity index (χ0) is 13.5. The largest absolute Gasteiger partial charge is 0.448 e. The number of carbonyl (C=O) groups is 2. The average molecular weight is 252 g/mol. The van der Waals surface area contributed by atoms with Crippen LogP contribution in [0.1, 0.15) is 16.1 Å². The van der Waals surface area contributed by atoms with E-state index in [1.54, 1.807) is 26.1 Å². The van der Waals surface area contributed by atoms with Crippen molar-refractivity contribution in [3.63, 3.8) is 0 Å². The van der Waals surface area contributed by atoms with Gasteiger partial charge in [-0.15, -0.1) is 0 Å². The summed E-state index contributed by atoms with van der Waals surface area (Å²) in [4.78, 5) is 26.3. The molecular formula is C11H16N4O3. The van der Waals surface area contributed by atoms with Gasteiger partial charge in [0.25, 0.3) is 5.91 Å². The van der Waals surface area contributed by atoms with E-state index in [2.05, 4.69) is 20.4 Å². The monoisotopic (exact) mass is 252 g/mol. The lowest BCUT2D eigenvalue weighted by atomic mass is 10.2. The van der Waals surface area contributed by atoms with Crippen LogP contribution in [0.2, 0.25) is 0 Å². The van der Waals surface area contributed by atoms with Crippen molar-refractivity contribution in [2.24, 2.45) is 5.73 Å². The Morgan fingerprint density at radius 2 is 2.17 bits per heavy atom. The molecule has 0 saturated heterocycles. The van der Waals surface area contributed by atoms with E-state index in [1.807, 2.05) is 0 Å². The van der Waals surface area contributed by atoms with Crippen LogP contribution in [-0.2, 0) is 4.74 Å². The number of hydrogen-bond donors (Lipinski definition) is 3. The topological polar surface area (TPSA) is 106 Å². The van der Waals surface area contributed by atoms with Crippen LogP contribution in [-0.4, -0.2) is 37.2 Å². The van der Waals surface area contributed by atoms with Crippen molar-refractivity contribution in [3.8, 4) is 0 Å². The van der Waals surface area contributed by atoms with Crippen LogP contribution < -0.4 is 16.4 Å². The van der Waals surface area contributed by atoms with Crippen molar-refractivity contribution < 1.29 is 14.3 Å². The van der Waals surface area contributed by atoms with E-state index < -0.39 is 6.09 Å². The number of nitrogens with two attached hydrogens (primary N) is 1. The summed E-state index contributed by atoms with van der Waals surface area (Å²) in [7, 11) is 1.73. The minimum atomic E-state index is -0.860. The average Bonchev–Trinajstić information content (AvgIpc) is 2.33. The first-order valence-corrected chi connectivity index (χ1v) is 5.40. The number of pyridine rings is 1. The molecule has 0 spiro atoms. The number of ether oxygens (including phenoxy) is 1. The van der Waals surface area contributed by atoms with Crippen LogP contribution in [0.15, 0.2) is 12.1 Å². The third-order valence-electron chi connectivity index (χ3n) is 2.10. The van der Waals surface area contributed by atoms with Gasteiger partial charge in [0.05, 0.1) is 6.54 Å². The number of amides is 2. The molecule has 0 radical (unpaired) electrons. The molecule has 1 rings (SSSR count). The van der Waals surface area contributed by atoms with Crippen molar-refractivity contribution in [1.29, 1.82) is 0 Å². The molecule has 0 atom stereocenters. The quantitative estimate of drug-likeness (QED) is 0.651. The maximum atomic E-state index is 11.8. The summed E-state index contributed by atoms with van der Waals surface area (Å²) in [5.41, 5.74) is 6.02. The maximum Gasteiger partial charge on any atom is 0.404 e. The van der Waals surface area contributed by atoms with E-state index in [-0.39, 0.29) is 19.1 Å². The number of nitrogens with one attached hydrogen (secondary N) is 2. The molecule has 1 heterocycles. The summed E-state index contributed by atoms with van der Waals surface area (Å²) in [6.07, 6.45) is -0.860. The molecule has 7 nitrogen and oxygen atoms in total. The maximum absolute atomic E-state index is 11.8. The number of primary amides is 1. The smallest absolute Gasteiger partial charge is 0.404 e. The van der Waals surface area contributed by atoms with Gasteiger partial charge in [0.2, 0.25) is 0 Å². The molecule has 0 bridgehead atoms. The highest BCUT2D eigenvalue weighted by atomic mass is 16.5. The van der Waals surface area contributed by atoms with Crippen LogP contribution in [0.3, 0.4) is 0 Å². The number of nitrogens with zero attached hydrogens (tertiary/aromatic N) is 1. The Hall–Kier alpha value is -2.31. The molecule has 0 aliphatic carbocycles. The van der Waals surface area contributed by atoms with Gasteiger partial charge in [-0.25, -0.2) is 9.78 Å². The molecule has 0 aliphatic rings. The number of carbonyl (C=O) groups excluding carboxylic acids is 2. The normalized spacial score (nSPS) is 9.67. The van der Waals surface area contributed by atoms with E-state index in [0.717, 1.165) is 5.69 Å². The Morgan fingerprint density at radius 1 is 1.44 bits per heavy atom. The molecule has 0 aromatic carbocycles. The number of rotatable bonds is 5. The summed E-state index contributed by atoms with van der Waals surface area (Å²) < 4.78 is 4.50. The minimum Gasteiger partial charge on any atom is -0.448 e. The molecule has 1 aromatic rings. The van der Waals surface area contributed by atoms with Crippen molar-refractivity contribution in [2.75, 3.05) is 25.5 Å². The molecule has 98 valence electrons. The van der Waals surface area contributed by atoms with E-state index >= 15 is 0 Å². The number of anilines is 1. The Labute approximate surface area is 105 Å². The van der Waals surface area contributed by atoms with E-state index in [4.69, 9.17) is 5.73 Å². The van der Waals surface area contributed by atoms with Gasteiger partial charge in [0.15, 0.2) is 0 Å². The van der Waals surface area contributed by atoms with Gasteiger partial charge < -0.3 is 21.1 Å². The summed E-state index contributed by atoms with van der Waals surface area (Å²) in [6.45, 7) is 2.05.